The second-order valence-corrected chi connectivity index (χ2v) is 6.81. The number of halogens is 1. The highest BCUT2D eigenvalue weighted by atomic mass is 35.5. The molecule has 0 radical (unpaired) electrons. The highest BCUT2D eigenvalue weighted by molar-refractivity contribution is 7.99. The van der Waals surface area contributed by atoms with Gasteiger partial charge in [0.15, 0.2) is 10.2 Å². The Hall–Kier alpha value is -2.64. The predicted molar refractivity (Wildman–Crippen MR) is 101 cm³/mol. The SMILES string of the molecule is Cc1cc(C)nc(Sc2ccc(/C=N/NC(=O)c3cccc(Cl)c3)o2)n1. The van der Waals surface area contributed by atoms with Crippen LogP contribution < -0.4 is 5.43 Å². The van der Waals surface area contributed by atoms with E-state index < -0.39 is 0 Å². The Labute approximate surface area is 159 Å². The molecule has 6 nitrogen and oxygen atoms in total. The molecule has 0 atom stereocenters. The van der Waals surface area contributed by atoms with Crippen LogP contribution >= 0.6 is 23.4 Å². The van der Waals surface area contributed by atoms with Crippen LogP contribution in [0.4, 0.5) is 0 Å². The van der Waals surface area contributed by atoms with Gasteiger partial charge in [-0.3, -0.25) is 4.79 Å². The molecule has 0 saturated carbocycles. The quantitative estimate of drug-likeness (QED) is 0.402. The van der Waals surface area contributed by atoms with Gasteiger partial charge in [0.25, 0.3) is 5.91 Å². The maximum absolute atomic E-state index is 12.0. The first-order valence-electron chi connectivity index (χ1n) is 7.68. The number of nitrogens with zero attached hydrogens (tertiary/aromatic N) is 3. The summed E-state index contributed by atoms with van der Waals surface area (Å²) >= 11 is 7.18. The van der Waals surface area contributed by atoms with E-state index in [4.69, 9.17) is 16.0 Å². The molecule has 26 heavy (non-hydrogen) atoms. The van der Waals surface area contributed by atoms with Gasteiger partial charge in [0, 0.05) is 22.0 Å². The summed E-state index contributed by atoms with van der Waals surface area (Å²) in [6, 6.07) is 12.1. The highest BCUT2D eigenvalue weighted by Crippen LogP contribution is 2.26. The number of amides is 1. The molecule has 0 spiro atoms. The lowest BCUT2D eigenvalue weighted by Crippen LogP contribution is -2.17. The molecule has 0 aliphatic heterocycles. The number of carbonyl (C=O) groups excluding carboxylic acids is 1. The molecule has 0 aliphatic carbocycles. The van der Waals surface area contributed by atoms with Gasteiger partial charge in [-0.25, -0.2) is 15.4 Å². The minimum absolute atomic E-state index is 0.353. The zero-order valence-electron chi connectivity index (χ0n) is 14.1. The molecule has 0 fully saturated rings. The summed E-state index contributed by atoms with van der Waals surface area (Å²) in [5.74, 6) is 0.150. The fourth-order valence-electron chi connectivity index (χ4n) is 2.14. The number of carbonyl (C=O) groups is 1. The van der Waals surface area contributed by atoms with Crippen LogP contribution in [0.2, 0.25) is 5.02 Å². The summed E-state index contributed by atoms with van der Waals surface area (Å²) in [6.45, 7) is 3.84. The number of aryl methyl sites for hydroxylation is 2. The molecule has 1 aromatic carbocycles. The fourth-order valence-corrected chi connectivity index (χ4v) is 3.16. The van der Waals surface area contributed by atoms with E-state index in [9.17, 15) is 4.79 Å². The molecule has 1 amide bonds. The Balaban J connectivity index is 1.61. The third-order valence-corrected chi connectivity index (χ3v) is 4.22. The zero-order chi connectivity index (χ0) is 18.5. The first kappa shape index (κ1) is 18.2. The summed E-state index contributed by atoms with van der Waals surface area (Å²) in [4.78, 5) is 20.7. The van der Waals surface area contributed by atoms with Crippen molar-refractivity contribution in [1.29, 1.82) is 0 Å². The molecule has 2 heterocycles. The topological polar surface area (TPSA) is 80.4 Å². The van der Waals surface area contributed by atoms with Crippen LogP contribution in [0.3, 0.4) is 0 Å². The Bertz CT molecular complexity index is 951. The third-order valence-electron chi connectivity index (χ3n) is 3.20. The maximum atomic E-state index is 12.0. The van der Waals surface area contributed by atoms with E-state index in [1.807, 2.05) is 19.9 Å². The Kier molecular flexibility index (Phi) is 5.70. The smallest absolute Gasteiger partial charge is 0.271 e. The van der Waals surface area contributed by atoms with Crippen LogP contribution in [0.15, 0.2) is 62.2 Å². The summed E-state index contributed by atoms with van der Waals surface area (Å²) in [5.41, 5.74) is 4.66. The van der Waals surface area contributed by atoms with Gasteiger partial charge in [-0.2, -0.15) is 5.10 Å². The molecule has 0 saturated heterocycles. The molecule has 2 aromatic heterocycles. The van der Waals surface area contributed by atoms with Crippen molar-refractivity contribution < 1.29 is 9.21 Å². The van der Waals surface area contributed by atoms with E-state index in [2.05, 4.69) is 20.5 Å². The van der Waals surface area contributed by atoms with Gasteiger partial charge in [-0.15, -0.1) is 0 Å². The molecular formula is C18H15ClN4O2S. The van der Waals surface area contributed by atoms with Crippen molar-refractivity contribution in [3.05, 3.63) is 70.2 Å². The van der Waals surface area contributed by atoms with Gasteiger partial charge >= 0.3 is 0 Å². The largest absolute Gasteiger partial charge is 0.448 e. The van der Waals surface area contributed by atoms with Crippen molar-refractivity contribution >= 4 is 35.5 Å². The average molecular weight is 387 g/mol. The van der Waals surface area contributed by atoms with E-state index in [1.165, 1.54) is 18.0 Å². The summed E-state index contributed by atoms with van der Waals surface area (Å²) < 4.78 is 5.64. The fraction of sp³-hybridized carbons (Fsp3) is 0.111. The minimum atomic E-state index is -0.353. The van der Waals surface area contributed by atoms with Crippen molar-refractivity contribution in [1.82, 2.24) is 15.4 Å². The first-order valence-corrected chi connectivity index (χ1v) is 8.88. The van der Waals surface area contributed by atoms with Gasteiger partial charge in [-0.1, -0.05) is 17.7 Å². The monoisotopic (exact) mass is 386 g/mol. The van der Waals surface area contributed by atoms with E-state index in [1.54, 1.807) is 36.4 Å². The van der Waals surface area contributed by atoms with Crippen molar-refractivity contribution in [3.8, 4) is 0 Å². The number of hydrazone groups is 1. The van der Waals surface area contributed by atoms with Crippen LogP contribution in [0.25, 0.3) is 0 Å². The number of nitrogens with one attached hydrogen (secondary N) is 1. The second-order valence-electron chi connectivity index (χ2n) is 5.40. The van der Waals surface area contributed by atoms with E-state index in [0.29, 0.717) is 26.6 Å². The van der Waals surface area contributed by atoms with Crippen LogP contribution in [-0.4, -0.2) is 22.1 Å². The van der Waals surface area contributed by atoms with Crippen LogP contribution in [0.5, 0.6) is 0 Å². The molecule has 1 N–H and O–H groups in total. The molecule has 3 aromatic rings. The van der Waals surface area contributed by atoms with Gasteiger partial charge in [0.05, 0.1) is 6.21 Å². The molecule has 0 unspecified atom stereocenters. The highest BCUT2D eigenvalue weighted by Gasteiger charge is 2.07. The molecule has 8 heteroatoms. The minimum Gasteiger partial charge on any atom is -0.448 e. The van der Waals surface area contributed by atoms with Gasteiger partial charge < -0.3 is 4.42 Å². The second kappa shape index (κ2) is 8.16. The predicted octanol–water partition coefficient (Wildman–Crippen LogP) is 4.25. The lowest BCUT2D eigenvalue weighted by atomic mass is 10.2. The number of aromatic nitrogens is 2. The zero-order valence-corrected chi connectivity index (χ0v) is 15.6. The van der Waals surface area contributed by atoms with Crippen molar-refractivity contribution in [2.24, 2.45) is 5.10 Å². The lowest BCUT2D eigenvalue weighted by Gasteiger charge is -2.00. The maximum Gasteiger partial charge on any atom is 0.271 e. The molecule has 0 aliphatic rings. The molecular weight excluding hydrogens is 372 g/mol. The van der Waals surface area contributed by atoms with Crippen molar-refractivity contribution in [2.75, 3.05) is 0 Å². The van der Waals surface area contributed by atoms with Gasteiger partial charge in [-0.05, 0) is 62.0 Å². The standard InChI is InChI=1S/C18H15ClN4O2S/c1-11-8-12(2)22-18(21-11)26-16-7-6-15(25-16)10-20-23-17(24)13-4-3-5-14(19)9-13/h3-10H,1-2H3,(H,23,24)/b20-10+. The van der Waals surface area contributed by atoms with Crippen LogP contribution in [-0.2, 0) is 0 Å². The summed E-state index contributed by atoms with van der Waals surface area (Å²) in [6.07, 6.45) is 1.43. The first-order chi connectivity index (χ1) is 12.5. The van der Waals surface area contributed by atoms with Crippen molar-refractivity contribution in [3.63, 3.8) is 0 Å². The number of hydrogen-bond acceptors (Lipinski definition) is 6. The Morgan fingerprint density at radius 2 is 1.96 bits per heavy atom. The van der Waals surface area contributed by atoms with E-state index >= 15 is 0 Å². The van der Waals surface area contributed by atoms with Crippen molar-refractivity contribution in [2.45, 2.75) is 24.1 Å². The Morgan fingerprint density at radius 3 is 2.69 bits per heavy atom. The lowest BCUT2D eigenvalue weighted by molar-refractivity contribution is 0.0955. The van der Waals surface area contributed by atoms with Gasteiger partial charge in [0.1, 0.15) is 5.76 Å². The average Bonchev–Trinajstić information content (AvgIpc) is 3.01. The summed E-state index contributed by atoms with van der Waals surface area (Å²) in [5, 5.41) is 5.64. The van der Waals surface area contributed by atoms with Gasteiger partial charge in [0.2, 0.25) is 0 Å². The normalized spacial score (nSPS) is 11.0. The number of rotatable bonds is 5. The molecule has 3 rings (SSSR count). The van der Waals surface area contributed by atoms with Crippen LogP contribution in [0.1, 0.15) is 27.5 Å². The van der Waals surface area contributed by atoms with E-state index in [0.717, 1.165) is 11.4 Å². The molecule has 0 bridgehead atoms. The molecule has 132 valence electrons. The number of hydrogen-bond donors (Lipinski definition) is 1. The third kappa shape index (κ3) is 4.93. The number of benzene rings is 1. The van der Waals surface area contributed by atoms with E-state index in [-0.39, 0.29) is 5.91 Å². The number of furan rings is 1. The summed E-state index contributed by atoms with van der Waals surface area (Å²) in [7, 11) is 0. The Morgan fingerprint density at radius 1 is 1.19 bits per heavy atom. The van der Waals surface area contributed by atoms with Crippen LogP contribution in [0, 0.1) is 13.8 Å².